The Hall–Kier alpha value is -1.62. The Morgan fingerprint density at radius 1 is 1.38 bits per heavy atom. The van der Waals surface area contributed by atoms with Gasteiger partial charge in [0.25, 0.3) is 5.91 Å². The number of rotatable bonds is 9. The Bertz CT molecular complexity index is 436. The molecule has 0 saturated carbocycles. The minimum atomic E-state index is -0.0468. The number of anilines is 1. The van der Waals surface area contributed by atoms with Gasteiger partial charge in [-0.2, -0.15) is 0 Å². The molecule has 5 heteroatoms. The minimum absolute atomic E-state index is 0.0468. The molecule has 1 aromatic rings. The van der Waals surface area contributed by atoms with E-state index in [1.54, 1.807) is 18.3 Å². The van der Waals surface area contributed by atoms with Gasteiger partial charge in [0, 0.05) is 37.4 Å². The summed E-state index contributed by atoms with van der Waals surface area (Å²) >= 11 is 0. The minimum Gasteiger partial charge on any atom is -0.370 e. The lowest BCUT2D eigenvalue weighted by molar-refractivity contribution is 0.0947. The molecule has 0 saturated heterocycles. The van der Waals surface area contributed by atoms with Crippen LogP contribution in [0, 0.1) is 0 Å². The van der Waals surface area contributed by atoms with Crippen molar-refractivity contribution >= 4 is 11.7 Å². The van der Waals surface area contributed by atoms with E-state index in [4.69, 9.17) is 0 Å². The van der Waals surface area contributed by atoms with E-state index in [-0.39, 0.29) is 5.91 Å². The highest BCUT2D eigenvalue weighted by Gasteiger charge is 2.09. The van der Waals surface area contributed by atoms with Crippen LogP contribution in [-0.4, -0.2) is 48.5 Å². The maximum absolute atomic E-state index is 12.1. The molecule has 1 rings (SSSR count). The zero-order chi connectivity index (χ0) is 15.7. The van der Waals surface area contributed by atoms with Crippen LogP contribution in [0.25, 0.3) is 0 Å². The molecule has 21 heavy (non-hydrogen) atoms. The largest absolute Gasteiger partial charge is 0.370 e. The van der Waals surface area contributed by atoms with Gasteiger partial charge in [0.15, 0.2) is 0 Å². The predicted molar refractivity (Wildman–Crippen MR) is 87.7 cm³/mol. The number of nitrogens with one attached hydrogen (secondary N) is 2. The second-order valence-corrected chi connectivity index (χ2v) is 5.35. The van der Waals surface area contributed by atoms with Gasteiger partial charge >= 0.3 is 0 Å². The molecule has 1 heterocycles. The molecule has 1 amide bonds. The summed E-state index contributed by atoms with van der Waals surface area (Å²) < 4.78 is 0. The van der Waals surface area contributed by atoms with Crippen molar-refractivity contribution in [1.82, 2.24) is 15.2 Å². The van der Waals surface area contributed by atoms with Gasteiger partial charge in [0.2, 0.25) is 0 Å². The molecule has 0 aliphatic heterocycles. The summed E-state index contributed by atoms with van der Waals surface area (Å²) in [5, 5.41) is 6.14. The van der Waals surface area contributed by atoms with Gasteiger partial charge in [-0.15, -0.1) is 0 Å². The average Bonchev–Trinajstić information content (AvgIpc) is 2.52. The number of aromatic nitrogens is 1. The number of hydrogen-bond acceptors (Lipinski definition) is 4. The van der Waals surface area contributed by atoms with E-state index in [0.29, 0.717) is 18.2 Å². The van der Waals surface area contributed by atoms with Crippen LogP contribution >= 0.6 is 0 Å². The van der Waals surface area contributed by atoms with Crippen molar-refractivity contribution in [3.63, 3.8) is 0 Å². The lowest BCUT2D eigenvalue weighted by atomic mass is 10.2. The Labute approximate surface area is 128 Å². The van der Waals surface area contributed by atoms with E-state index in [2.05, 4.69) is 48.3 Å². The summed E-state index contributed by atoms with van der Waals surface area (Å²) in [4.78, 5) is 18.6. The molecule has 118 valence electrons. The molecule has 0 spiro atoms. The SMILES string of the molecule is CCCNc1cc(C(=O)NCCN(C)C(C)CC)ccn1. The third-order valence-corrected chi connectivity index (χ3v) is 3.67. The second kappa shape index (κ2) is 9.34. The van der Waals surface area contributed by atoms with Crippen molar-refractivity contribution < 1.29 is 4.79 Å². The number of nitrogens with zero attached hydrogens (tertiary/aromatic N) is 2. The summed E-state index contributed by atoms with van der Waals surface area (Å²) in [6, 6.07) is 4.07. The van der Waals surface area contributed by atoms with E-state index in [1.807, 2.05) is 0 Å². The van der Waals surface area contributed by atoms with Crippen LogP contribution in [0.5, 0.6) is 0 Å². The van der Waals surface area contributed by atoms with Crippen LogP contribution in [-0.2, 0) is 0 Å². The van der Waals surface area contributed by atoms with E-state index in [0.717, 1.165) is 31.7 Å². The van der Waals surface area contributed by atoms with E-state index >= 15 is 0 Å². The van der Waals surface area contributed by atoms with Gasteiger partial charge in [0.05, 0.1) is 0 Å². The molecule has 0 fully saturated rings. The number of hydrogen-bond donors (Lipinski definition) is 2. The average molecular weight is 292 g/mol. The molecule has 1 atom stereocenters. The molecule has 2 N–H and O–H groups in total. The van der Waals surface area contributed by atoms with E-state index in [1.165, 1.54) is 0 Å². The highest BCUT2D eigenvalue weighted by atomic mass is 16.1. The third-order valence-electron chi connectivity index (χ3n) is 3.67. The monoisotopic (exact) mass is 292 g/mol. The van der Waals surface area contributed by atoms with E-state index in [9.17, 15) is 4.79 Å². The summed E-state index contributed by atoms with van der Waals surface area (Å²) in [7, 11) is 2.08. The summed E-state index contributed by atoms with van der Waals surface area (Å²) in [5.41, 5.74) is 0.648. The molecule has 0 radical (unpaired) electrons. The Kier molecular flexibility index (Phi) is 7.75. The predicted octanol–water partition coefficient (Wildman–Crippen LogP) is 2.36. The number of likely N-dealkylation sites (N-methyl/N-ethyl adjacent to an activating group) is 1. The van der Waals surface area contributed by atoms with Crippen LogP contribution < -0.4 is 10.6 Å². The lowest BCUT2D eigenvalue weighted by Gasteiger charge is -2.23. The van der Waals surface area contributed by atoms with E-state index < -0.39 is 0 Å². The first kappa shape index (κ1) is 17.4. The van der Waals surface area contributed by atoms with Crippen molar-refractivity contribution in [1.29, 1.82) is 0 Å². The normalized spacial score (nSPS) is 12.2. The zero-order valence-corrected chi connectivity index (χ0v) is 13.6. The number of amides is 1. The molecule has 1 unspecified atom stereocenters. The van der Waals surface area contributed by atoms with Gasteiger partial charge in [-0.05, 0) is 38.9 Å². The first-order valence-corrected chi connectivity index (χ1v) is 7.76. The lowest BCUT2D eigenvalue weighted by Crippen LogP contribution is -2.37. The van der Waals surface area contributed by atoms with Crippen molar-refractivity contribution in [2.45, 2.75) is 39.7 Å². The smallest absolute Gasteiger partial charge is 0.251 e. The molecular formula is C16H28N4O. The number of pyridine rings is 1. The fourth-order valence-corrected chi connectivity index (χ4v) is 1.90. The quantitative estimate of drug-likeness (QED) is 0.733. The molecule has 1 aromatic heterocycles. The van der Waals surface area contributed by atoms with Gasteiger partial charge in [-0.25, -0.2) is 4.98 Å². The van der Waals surface area contributed by atoms with Crippen molar-refractivity contribution in [3.8, 4) is 0 Å². The fraction of sp³-hybridized carbons (Fsp3) is 0.625. The Balaban J connectivity index is 2.44. The van der Waals surface area contributed by atoms with Crippen molar-refractivity contribution in [2.24, 2.45) is 0 Å². The van der Waals surface area contributed by atoms with Gasteiger partial charge in [-0.3, -0.25) is 4.79 Å². The molecule has 0 aromatic carbocycles. The highest BCUT2D eigenvalue weighted by molar-refractivity contribution is 5.94. The van der Waals surface area contributed by atoms with Gasteiger partial charge in [-0.1, -0.05) is 13.8 Å². The van der Waals surface area contributed by atoms with Crippen LogP contribution in [0.4, 0.5) is 5.82 Å². The topological polar surface area (TPSA) is 57.3 Å². The molecule has 0 bridgehead atoms. The maximum Gasteiger partial charge on any atom is 0.251 e. The number of carbonyl (C=O) groups is 1. The van der Waals surface area contributed by atoms with Gasteiger partial charge in [0.1, 0.15) is 5.82 Å². The van der Waals surface area contributed by atoms with Crippen LogP contribution in [0.1, 0.15) is 44.0 Å². The highest BCUT2D eigenvalue weighted by Crippen LogP contribution is 2.06. The standard InChI is InChI=1S/C16H28N4O/c1-5-8-17-15-12-14(7-9-18-15)16(21)19-10-11-20(4)13(3)6-2/h7,9,12-13H,5-6,8,10-11H2,1-4H3,(H,17,18)(H,19,21). The molecule has 0 aliphatic rings. The summed E-state index contributed by atoms with van der Waals surface area (Å²) in [5.74, 6) is 0.704. The molecule has 0 aliphatic carbocycles. The fourth-order valence-electron chi connectivity index (χ4n) is 1.90. The van der Waals surface area contributed by atoms with Crippen LogP contribution in [0.15, 0.2) is 18.3 Å². The number of carbonyl (C=O) groups excluding carboxylic acids is 1. The van der Waals surface area contributed by atoms with Gasteiger partial charge < -0.3 is 15.5 Å². The summed E-state index contributed by atoms with van der Waals surface area (Å²) in [6.45, 7) is 8.82. The molecular weight excluding hydrogens is 264 g/mol. The summed E-state index contributed by atoms with van der Waals surface area (Å²) in [6.07, 6.45) is 3.81. The Morgan fingerprint density at radius 3 is 2.81 bits per heavy atom. The third kappa shape index (κ3) is 6.12. The first-order chi connectivity index (χ1) is 10.1. The van der Waals surface area contributed by atoms with Crippen LogP contribution in [0.2, 0.25) is 0 Å². The van der Waals surface area contributed by atoms with Crippen LogP contribution in [0.3, 0.4) is 0 Å². The zero-order valence-electron chi connectivity index (χ0n) is 13.6. The Morgan fingerprint density at radius 2 is 2.14 bits per heavy atom. The van der Waals surface area contributed by atoms with Crippen molar-refractivity contribution in [2.75, 3.05) is 32.0 Å². The van der Waals surface area contributed by atoms with Crippen molar-refractivity contribution in [3.05, 3.63) is 23.9 Å². The first-order valence-electron chi connectivity index (χ1n) is 7.76. The molecule has 5 nitrogen and oxygen atoms in total. The maximum atomic E-state index is 12.1. The second-order valence-electron chi connectivity index (χ2n) is 5.35.